The van der Waals surface area contributed by atoms with Gasteiger partial charge in [-0.05, 0) is 43.7 Å². The van der Waals surface area contributed by atoms with Gasteiger partial charge in [-0.3, -0.25) is 14.9 Å². The summed E-state index contributed by atoms with van der Waals surface area (Å²) >= 11 is 0. The zero-order valence-corrected chi connectivity index (χ0v) is 19.0. The molecular formula is C24H29N3O6. The molecule has 1 aliphatic heterocycles. The molecule has 176 valence electrons. The first kappa shape index (κ1) is 24.0. The van der Waals surface area contributed by atoms with Crippen LogP contribution < -0.4 is 9.64 Å². The first-order valence-corrected chi connectivity index (χ1v) is 11.2. The molecule has 1 amide bonds. The second-order valence-electron chi connectivity index (χ2n) is 7.69. The van der Waals surface area contributed by atoms with Crippen LogP contribution >= 0.6 is 0 Å². The molecule has 0 unspecified atom stereocenters. The molecule has 3 rings (SSSR count). The Hall–Kier alpha value is -3.62. The van der Waals surface area contributed by atoms with E-state index in [1.165, 1.54) is 12.1 Å². The molecule has 0 aromatic heterocycles. The average Bonchev–Trinajstić information content (AvgIpc) is 2.84. The number of amides is 1. The Kier molecular flexibility index (Phi) is 8.23. The van der Waals surface area contributed by atoms with Crippen molar-refractivity contribution in [1.82, 2.24) is 4.90 Å². The van der Waals surface area contributed by atoms with E-state index in [1.54, 1.807) is 36.1 Å². The number of esters is 1. The van der Waals surface area contributed by atoms with Crippen molar-refractivity contribution in [3.8, 4) is 5.75 Å². The standard InChI is InChI=1S/C24H29N3O6/c1-3-5-15-33-20-8-6-7-18(16-20)23(28)26-13-11-25(12-14-26)21-10-9-19(24(29)32-4-2)17-22(21)27(30)31/h6-10,16-17H,3-5,11-15H2,1-2H3. The Labute approximate surface area is 193 Å². The maximum absolute atomic E-state index is 13.0. The van der Waals surface area contributed by atoms with Crippen LogP contribution in [0.2, 0.25) is 0 Å². The molecule has 0 bridgehead atoms. The summed E-state index contributed by atoms with van der Waals surface area (Å²) in [4.78, 5) is 39.6. The third-order valence-corrected chi connectivity index (χ3v) is 5.44. The molecule has 1 heterocycles. The van der Waals surface area contributed by atoms with Crippen LogP contribution in [0.5, 0.6) is 5.75 Å². The van der Waals surface area contributed by atoms with Crippen LogP contribution in [0.1, 0.15) is 47.4 Å². The molecule has 1 aliphatic rings. The summed E-state index contributed by atoms with van der Waals surface area (Å²) in [5, 5.41) is 11.6. The van der Waals surface area contributed by atoms with Crippen molar-refractivity contribution >= 4 is 23.3 Å². The van der Waals surface area contributed by atoms with E-state index >= 15 is 0 Å². The molecule has 0 atom stereocenters. The number of ether oxygens (including phenoxy) is 2. The van der Waals surface area contributed by atoms with E-state index in [0.717, 1.165) is 12.8 Å². The average molecular weight is 456 g/mol. The van der Waals surface area contributed by atoms with Gasteiger partial charge in [-0.2, -0.15) is 0 Å². The van der Waals surface area contributed by atoms with Gasteiger partial charge in [-0.15, -0.1) is 0 Å². The molecule has 33 heavy (non-hydrogen) atoms. The molecule has 9 nitrogen and oxygen atoms in total. The number of nitro groups is 1. The lowest BCUT2D eigenvalue weighted by atomic mass is 10.1. The van der Waals surface area contributed by atoms with Crippen LogP contribution in [-0.2, 0) is 4.74 Å². The molecule has 1 saturated heterocycles. The van der Waals surface area contributed by atoms with Crippen molar-refractivity contribution in [3.63, 3.8) is 0 Å². The molecule has 1 fully saturated rings. The summed E-state index contributed by atoms with van der Waals surface area (Å²) in [6, 6.07) is 11.5. The molecular weight excluding hydrogens is 426 g/mol. The third-order valence-electron chi connectivity index (χ3n) is 5.44. The van der Waals surface area contributed by atoms with Crippen molar-refractivity contribution in [3.05, 3.63) is 63.7 Å². The van der Waals surface area contributed by atoms with Crippen LogP contribution in [-0.4, -0.2) is 61.1 Å². The monoisotopic (exact) mass is 455 g/mol. The molecule has 0 aliphatic carbocycles. The van der Waals surface area contributed by atoms with Crippen molar-refractivity contribution in [2.45, 2.75) is 26.7 Å². The number of carbonyl (C=O) groups is 2. The highest BCUT2D eigenvalue weighted by molar-refractivity contribution is 5.95. The number of nitro benzene ring substituents is 1. The summed E-state index contributed by atoms with van der Waals surface area (Å²) in [5.74, 6) is -0.0172. The fraction of sp³-hybridized carbons (Fsp3) is 0.417. The zero-order valence-electron chi connectivity index (χ0n) is 19.0. The van der Waals surface area contributed by atoms with Crippen LogP contribution in [0.15, 0.2) is 42.5 Å². The van der Waals surface area contributed by atoms with E-state index in [1.807, 2.05) is 11.0 Å². The van der Waals surface area contributed by atoms with Crippen LogP contribution in [0.3, 0.4) is 0 Å². The number of carbonyl (C=O) groups excluding carboxylic acids is 2. The third kappa shape index (κ3) is 6.00. The number of hydrogen-bond acceptors (Lipinski definition) is 7. The lowest BCUT2D eigenvalue weighted by molar-refractivity contribution is -0.384. The summed E-state index contributed by atoms with van der Waals surface area (Å²) in [7, 11) is 0. The number of hydrogen-bond donors (Lipinski definition) is 0. The van der Waals surface area contributed by atoms with Gasteiger partial charge in [0.2, 0.25) is 0 Å². The van der Waals surface area contributed by atoms with Crippen LogP contribution in [0, 0.1) is 10.1 Å². The first-order valence-electron chi connectivity index (χ1n) is 11.2. The Morgan fingerprint density at radius 2 is 1.79 bits per heavy atom. The van der Waals surface area contributed by atoms with E-state index in [-0.39, 0.29) is 23.8 Å². The van der Waals surface area contributed by atoms with Gasteiger partial charge < -0.3 is 19.3 Å². The maximum Gasteiger partial charge on any atom is 0.338 e. The van der Waals surface area contributed by atoms with Crippen LogP contribution in [0.4, 0.5) is 11.4 Å². The molecule has 0 saturated carbocycles. The maximum atomic E-state index is 13.0. The summed E-state index contributed by atoms with van der Waals surface area (Å²) < 4.78 is 10.6. The van der Waals surface area contributed by atoms with Gasteiger partial charge in [-0.25, -0.2) is 4.79 Å². The Bertz CT molecular complexity index is 1000. The number of nitrogens with zero attached hydrogens (tertiary/aromatic N) is 3. The van der Waals surface area contributed by atoms with Gasteiger partial charge in [0.05, 0.1) is 23.7 Å². The fourth-order valence-corrected chi connectivity index (χ4v) is 3.66. The number of benzene rings is 2. The Morgan fingerprint density at radius 1 is 1.03 bits per heavy atom. The van der Waals surface area contributed by atoms with Gasteiger partial charge in [-0.1, -0.05) is 19.4 Å². The summed E-state index contributed by atoms with van der Waals surface area (Å²) in [6.07, 6.45) is 1.99. The largest absolute Gasteiger partial charge is 0.494 e. The molecule has 0 spiro atoms. The minimum Gasteiger partial charge on any atom is -0.494 e. The second kappa shape index (κ2) is 11.3. The normalized spacial score (nSPS) is 13.5. The molecule has 2 aromatic carbocycles. The summed E-state index contributed by atoms with van der Waals surface area (Å²) in [6.45, 7) is 6.31. The van der Waals surface area contributed by atoms with Crippen molar-refractivity contribution in [2.75, 3.05) is 44.3 Å². The molecule has 0 N–H and O–H groups in total. The molecule has 2 aromatic rings. The highest BCUT2D eigenvalue weighted by Gasteiger charge is 2.27. The number of rotatable bonds is 9. The molecule has 9 heteroatoms. The summed E-state index contributed by atoms with van der Waals surface area (Å²) in [5.41, 5.74) is 0.966. The lowest BCUT2D eigenvalue weighted by Gasteiger charge is -2.36. The van der Waals surface area contributed by atoms with E-state index in [2.05, 4.69) is 6.92 Å². The quantitative estimate of drug-likeness (QED) is 0.244. The predicted octanol–water partition coefficient (Wildman–Crippen LogP) is 3.91. The van der Waals surface area contributed by atoms with Crippen LogP contribution in [0.25, 0.3) is 0 Å². The van der Waals surface area contributed by atoms with Gasteiger partial charge in [0.1, 0.15) is 11.4 Å². The topological polar surface area (TPSA) is 102 Å². The van der Waals surface area contributed by atoms with E-state index in [4.69, 9.17) is 9.47 Å². The minimum atomic E-state index is -0.594. The van der Waals surface area contributed by atoms with Gasteiger partial charge >= 0.3 is 5.97 Å². The van der Waals surface area contributed by atoms with E-state index in [9.17, 15) is 19.7 Å². The molecule has 0 radical (unpaired) electrons. The highest BCUT2D eigenvalue weighted by atomic mass is 16.6. The van der Waals surface area contributed by atoms with Gasteiger partial charge in [0.15, 0.2) is 0 Å². The number of unbranched alkanes of at least 4 members (excludes halogenated alkanes) is 1. The van der Waals surface area contributed by atoms with Crippen molar-refractivity contribution in [1.29, 1.82) is 0 Å². The smallest absolute Gasteiger partial charge is 0.338 e. The van der Waals surface area contributed by atoms with E-state index < -0.39 is 10.9 Å². The highest BCUT2D eigenvalue weighted by Crippen LogP contribution is 2.30. The lowest BCUT2D eigenvalue weighted by Crippen LogP contribution is -2.49. The van der Waals surface area contributed by atoms with Gasteiger partial charge in [0, 0.05) is 37.8 Å². The SMILES string of the molecule is CCCCOc1cccc(C(=O)N2CCN(c3ccc(C(=O)OCC)cc3[N+](=O)[O-])CC2)c1. The Morgan fingerprint density at radius 3 is 2.45 bits per heavy atom. The number of piperazine rings is 1. The second-order valence-corrected chi connectivity index (χ2v) is 7.69. The van der Waals surface area contributed by atoms with Crippen molar-refractivity contribution < 1.29 is 24.0 Å². The zero-order chi connectivity index (χ0) is 23.8. The minimum absolute atomic E-state index is 0.0947. The van der Waals surface area contributed by atoms with Gasteiger partial charge in [0.25, 0.3) is 11.6 Å². The Balaban J connectivity index is 1.67. The van der Waals surface area contributed by atoms with Crippen molar-refractivity contribution in [2.24, 2.45) is 0 Å². The predicted molar refractivity (Wildman–Crippen MR) is 124 cm³/mol. The first-order chi connectivity index (χ1) is 15.9. The fourth-order valence-electron chi connectivity index (χ4n) is 3.66. The van der Waals surface area contributed by atoms with E-state index in [0.29, 0.717) is 49.8 Å². The number of anilines is 1.